The van der Waals surface area contributed by atoms with Gasteiger partial charge in [-0.3, -0.25) is 13.9 Å². The van der Waals surface area contributed by atoms with Gasteiger partial charge in [0.05, 0.1) is 10.6 Å². The van der Waals surface area contributed by atoms with E-state index in [2.05, 4.69) is 19.2 Å². The third kappa shape index (κ3) is 7.50. The van der Waals surface area contributed by atoms with Crippen molar-refractivity contribution in [2.75, 3.05) is 10.8 Å². The molecule has 7 nitrogen and oxygen atoms in total. The van der Waals surface area contributed by atoms with Crippen LogP contribution in [0.2, 0.25) is 0 Å². The van der Waals surface area contributed by atoms with E-state index in [-0.39, 0.29) is 29.3 Å². The molecule has 0 aliphatic carbocycles. The van der Waals surface area contributed by atoms with Gasteiger partial charge >= 0.3 is 0 Å². The minimum Gasteiger partial charge on any atom is -0.352 e. The average Bonchev–Trinajstić information content (AvgIpc) is 2.90. The van der Waals surface area contributed by atoms with Crippen LogP contribution < -0.4 is 9.62 Å². The number of aryl methyl sites for hydroxylation is 2. The molecule has 0 aliphatic heterocycles. The van der Waals surface area contributed by atoms with Gasteiger partial charge in [-0.15, -0.1) is 0 Å². The van der Waals surface area contributed by atoms with Crippen molar-refractivity contribution in [3.63, 3.8) is 0 Å². The zero-order chi connectivity index (χ0) is 29.6. The van der Waals surface area contributed by atoms with E-state index < -0.39 is 28.5 Å². The summed E-state index contributed by atoms with van der Waals surface area (Å²) in [4.78, 5) is 28.6. The largest absolute Gasteiger partial charge is 0.352 e. The first-order valence-corrected chi connectivity index (χ1v) is 15.1. The van der Waals surface area contributed by atoms with Gasteiger partial charge in [0.1, 0.15) is 12.6 Å². The van der Waals surface area contributed by atoms with Crippen LogP contribution in [0.15, 0.2) is 77.7 Å². The quantitative estimate of drug-likeness (QED) is 0.331. The molecule has 214 valence electrons. The number of nitrogens with one attached hydrogen (secondary N) is 1. The molecule has 3 aromatic carbocycles. The Morgan fingerprint density at radius 1 is 0.825 bits per heavy atom. The first-order chi connectivity index (χ1) is 18.8. The molecule has 0 spiro atoms. The maximum atomic E-state index is 14.0. The molecule has 0 heterocycles. The molecule has 0 saturated heterocycles. The molecule has 3 aromatic rings. The Morgan fingerprint density at radius 3 is 1.98 bits per heavy atom. The van der Waals surface area contributed by atoms with Gasteiger partial charge in [0.25, 0.3) is 10.0 Å². The van der Waals surface area contributed by atoms with Crippen LogP contribution in [0.1, 0.15) is 62.8 Å². The summed E-state index contributed by atoms with van der Waals surface area (Å²) in [5.74, 6) is -0.507. The number of amides is 2. The Balaban J connectivity index is 2.06. The lowest BCUT2D eigenvalue weighted by atomic mass is 10.0. The van der Waals surface area contributed by atoms with E-state index >= 15 is 0 Å². The van der Waals surface area contributed by atoms with Crippen LogP contribution in [0.5, 0.6) is 0 Å². The Kier molecular flexibility index (Phi) is 10.1. The summed E-state index contributed by atoms with van der Waals surface area (Å²) in [7, 11) is -4.09. The van der Waals surface area contributed by atoms with E-state index in [0.29, 0.717) is 5.69 Å². The Labute approximate surface area is 239 Å². The van der Waals surface area contributed by atoms with Crippen LogP contribution in [0.4, 0.5) is 5.69 Å². The molecule has 0 aliphatic rings. The molecule has 0 aromatic heterocycles. The van der Waals surface area contributed by atoms with Crippen molar-refractivity contribution in [1.82, 2.24) is 10.2 Å². The fraction of sp³-hybridized carbons (Fsp3) is 0.375. The first kappa shape index (κ1) is 30.9. The van der Waals surface area contributed by atoms with Crippen LogP contribution >= 0.6 is 0 Å². The summed E-state index contributed by atoms with van der Waals surface area (Å²) >= 11 is 0. The molecular weight excluding hydrogens is 522 g/mol. The smallest absolute Gasteiger partial charge is 0.264 e. The first-order valence-electron chi connectivity index (χ1n) is 13.6. The maximum absolute atomic E-state index is 14.0. The standard InChI is InChI=1S/C32H41N3O4S/c1-22(2)27-14-16-29(17-15-27)35(40(38,39)30-18-12-24(5)13-19-30)21-31(36)34(26(7)32(37)33-23(3)4)20-28-11-9-8-10-25(28)6/h8-19,22-23,26H,20-21H2,1-7H3,(H,33,37). The summed E-state index contributed by atoms with van der Waals surface area (Å²) in [6.45, 7) is 13.1. The predicted molar refractivity (Wildman–Crippen MR) is 161 cm³/mol. The number of rotatable bonds is 11. The van der Waals surface area contributed by atoms with Gasteiger partial charge in [-0.1, -0.05) is 67.9 Å². The van der Waals surface area contributed by atoms with Gasteiger partial charge in [-0.2, -0.15) is 0 Å². The average molecular weight is 564 g/mol. The molecule has 0 radical (unpaired) electrons. The normalized spacial score (nSPS) is 12.3. The zero-order valence-electron chi connectivity index (χ0n) is 24.5. The molecule has 40 heavy (non-hydrogen) atoms. The Morgan fingerprint density at radius 2 is 1.43 bits per heavy atom. The fourth-order valence-corrected chi connectivity index (χ4v) is 5.76. The van der Waals surface area contributed by atoms with E-state index in [4.69, 9.17) is 0 Å². The zero-order valence-corrected chi connectivity index (χ0v) is 25.3. The Bertz CT molecular complexity index is 1420. The second-order valence-electron chi connectivity index (χ2n) is 10.9. The molecule has 1 atom stereocenters. The van der Waals surface area contributed by atoms with Crippen molar-refractivity contribution in [2.24, 2.45) is 0 Å². The van der Waals surface area contributed by atoms with E-state index in [1.54, 1.807) is 43.3 Å². The van der Waals surface area contributed by atoms with E-state index in [1.807, 2.05) is 64.1 Å². The lowest BCUT2D eigenvalue weighted by Gasteiger charge is -2.32. The van der Waals surface area contributed by atoms with Crippen molar-refractivity contribution in [3.05, 3.63) is 95.1 Å². The van der Waals surface area contributed by atoms with Crippen molar-refractivity contribution in [3.8, 4) is 0 Å². The topological polar surface area (TPSA) is 86.8 Å². The van der Waals surface area contributed by atoms with Crippen LogP contribution in [-0.4, -0.2) is 43.8 Å². The number of sulfonamides is 1. The highest BCUT2D eigenvalue weighted by atomic mass is 32.2. The van der Waals surface area contributed by atoms with Gasteiger partial charge in [0, 0.05) is 12.6 Å². The van der Waals surface area contributed by atoms with Crippen molar-refractivity contribution in [2.45, 2.75) is 77.9 Å². The number of nitrogens with zero attached hydrogens (tertiary/aromatic N) is 2. The highest BCUT2D eigenvalue weighted by molar-refractivity contribution is 7.92. The third-order valence-electron chi connectivity index (χ3n) is 6.94. The highest BCUT2D eigenvalue weighted by Crippen LogP contribution is 2.27. The number of carbonyl (C=O) groups is 2. The molecule has 0 saturated carbocycles. The lowest BCUT2D eigenvalue weighted by Crippen LogP contribution is -2.52. The maximum Gasteiger partial charge on any atom is 0.264 e. The monoisotopic (exact) mass is 563 g/mol. The van der Waals surface area contributed by atoms with Crippen LogP contribution in [0.3, 0.4) is 0 Å². The van der Waals surface area contributed by atoms with Gasteiger partial charge in [-0.25, -0.2) is 8.42 Å². The number of carbonyl (C=O) groups excluding carboxylic acids is 2. The summed E-state index contributed by atoms with van der Waals surface area (Å²) in [6, 6.07) is 20.5. The summed E-state index contributed by atoms with van der Waals surface area (Å²) in [5, 5.41) is 2.88. The highest BCUT2D eigenvalue weighted by Gasteiger charge is 2.33. The summed E-state index contributed by atoms with van der Waals surface area (Å²) < 4.78 is 29.1. The second-order valence-corrected chi connectivity index (χ2v) is 12.7. The minimum atomic E-state index is -4.09. The number of anilines is 1. The number of hydrogen-bond donors (Lipinski definition) is 1. The molecule has 0 bridgehead atoms. The molecule has 0 fully saturated rings. The summed E-state index contributed by atoms with van der Waals surface area (Å²) in [6.07, 6.45) is 0. The second kappa shape index (κ2) is 13.1. The van der Waals surface area contributed by atoms with Gasteiger partial charge in [0.15, 0.2) is 0 Å². The van der Waals surface area contributed by atoms with Crippen LogP contribution in [-0.2, 0) is 26.2 Å². The van der Waals surface area contributed by atoms with Crippen molar-refractivity contribution < 1.29 is 18.0 Å². The third-order valence-corrected chi connectivity index (χ3v) is 8.72. The van der Waals surface area contributed by atoms with Crippen LogP contribution in [0, 0.1) is 13.8 Å². The van der Waals surface area contributed by atoms with Crippen molar-refractivity contribution >= 4 is 27.5 Å². The van der Waals surface area contributed by atoms with E-state index in [0.717, 1.165) is 26.6 Å². The molecule has 1 N–H and O–H groups in total. The van der Waals surface area contributed by atoms with Crippen molar-refractivity contribution in [1.29, 1.82) is 0 Å². The minimum absolute atomic E-state index is 0.0925. The van der Waals surface area contributed by atoms with Crippen LogP contribution in [0.25, 0.3) is 0 Å². The predicted octanol–water partition coefficient (Wildman–Crippen LogP) is 5.56. The van der Waals surface area contributed by atoms with E-state index in [9.17, 15) is 18.0 Å². The summed E-state index contributed by atoms with van der Waals surface area (Å²) in [5.41, 5.74) is 4.23. The fourth-order valence-electron chi connectivity index (χ4n) is 4.35. The molecular formula is C32H41N3O4S. The number of benzene rings is 3. The SMILES string of the molecule is Cc1ccc(S(=O)(=O)N(CC(=O)N(Cc2ccccc2C)C(C)C(=O)NC(C)C)c2ccc(C(C)C)cc2)cc1. The number of hydrogen-bond acceptors (Lipinski definition) is 4. The van der Waals surface area contributed by atoms with E-state index in [1.165, 1.54) is 4.90 Å². The van der Waals surface area contributed by atoms with Gasteiger partial charge in [-0.05, 0) is 81.5 Å². The molecule has 1 unspecified atom stereocenters. The molecule has 2 amide bonds. The molecule has 8 heteroatoms. The van der Waals surface area contributed by atoms with Gasteiger partial charge in [0.2, 0.25) is 11.8 Å². The lowest BCUT2D eigenvalue weighted by molar-refractivity contribution is -0.139. The van der Waals surface area contributed by atoms with Gasteiger partial charge < -0.3 is 10.2 Å². The molecule has 3 rings (SSSR count). The Hall–Kier alpha value is -3.65.